The Kier molecular flexibility index (Phi) is 5.95. The van der Waals surface area contributed by atoms with Crippen molar-refractivity contribution in [1.29, 1.82) is 0 Å². The molecule has 0 amide bonds. The van der Waals surface area contributed by atoms with Crippen LogP contribution in [-0.2, 0) is 17.9 Å². The fourth-order valence-corrected chi connectivity index (χ4v) is 1.15. The highest BCUT2D eigenvalue weighted by molar-refractivity contribution is 5.04. The van der Waals surface area contributed by atoms with Crippen molar-refractivity contribution in [2.45, 2.75) is 32.9 Å². The molecule has 0 fully saturated rings. The molecule has 92 valence electrons. The average Bonchev–Trinajstić information content (AvgIpc) is 2.66. The number of ether oxygens (including phenoxy) is 1. The number of hydrogen-bond acceptors (Lipinski definition) is 4. The third kappa shape index (κ3) is 5.18. The van der Waals surface area contributed by atoms with Crippen molar-refractivity contribution >= 4 is 0 Å². The zero-order valence-electron chi connectivity index (χ0n) is 9.21. The largest absolute Gasteiger partial charge is 0.367 e. The van der Waals surface area contributed by atoms with Crippen LogP contribution in [-0.4, -0.2) is 24.7 Å². The van der Waals surface area contributed by atoms with Crippen LogP contribution in [0, 0.1) is 0 Å². The van der Waals surface area contributed by atoms with Crippen LogP contribution in [0.2, 0.25) is 0 Å². The summed E-state index contributed by atoms with van der Waals surface area (Å²) in [7, 11) is 0. The normalized spacial score (nSPS) is 11.2. The van der Waals surface area contributed by atoms with E-state index in [1.54, 1.807) is 6.07 Å². The van der Waals surface area contributed by atoms with E-state index in [0.29, 0.717) is 12.3 Å². The van der Waals surface area contributed by atoms with E-state index in [4.69, 9.17) is 9.26 Å². The standard InChI is InChI=1S/C10H16F2N2O2/c1-2-3-13-5-8-4-9(16-14-8)6-15-7-10(11)12/h4,10,13H,2-3,5-7H2,1H3. The number of rotatable bonds is 8. The molecule has 16 heavy (non-hydrogen) atoms. The minimum absolute atomic E-state index is 0.0329. The average molecular weight is 234 g/mol. The zero-order chi connectivity index (χ0) is 11.8. The maximum absolute atomic E-state index is 11.8. The minimum atomic E-state index is -2.45. The molecule has 1 aromatic rings. The molecule has 0 spiro atoms. The van der Waals surface area contributed by atoms with Gasteiger partial charge in [-0.3, -0.25) is 0 Å². The van der Waals surface area contributed by atoms with E-state index in [9.17, 15) is 8.78 Å². The van der Waals surface area contributed by atoms with E-state index in [1.807, 2.05) is 0 Å². The van der Waals surface area contributed by atoms with E-state index in [-0.39, 0.29) is 6.61 Å². The van der Waals surface area contributed by atoms with Gasteiger partial charge in [0, 0.05) is 12.6 Å². The second-order valence-electron chi connectivity index (χ2n) is 3.37. The fourth-order valence-electron chi connectivity index (χ4n) is 1.15. The van der Waals surface area contributed by atoms with Crippen molar-refractivity contribution in [1.82, 2.24) is 10.5 Å². The van der Waals surface area contributed by atoms with Crippen LogP contribution in [0.15, 0.2) is 10.6 Å². The van der Waals surface area contributed by atoms with Gasteiger partial charge in [-0.25, -0.2) is 8.78 Å². The first-order chi connectivity index (χ1) is 7.72. The molecule has 1 heterocycles. The number of halogens is 2. The maximum atomic E-state index is 11.8. The molecule has 0 aliphatic carbocycles. The Balaban J connectivity index is 2.22. The summed E-state index contributed by atoms with van der Waals surface area (Å²) < 4.78 is 33.2. The van der Waals surface area contributed by atoms with E-state index >= 15 is 0 Å². The van der Waals surface area contributed by atoms with Crippen LogP contribution in [0.25, 0.3) is 0 Å². The molecule has 0 saturated heterocycles. The number of hydrogen-bond donors (Lipinski definition) is 1. The van der Waals surface area contributed by atoms with Gasteiger partial charge < -0.3 is 14.6 Å². The molecule has 0 radical (unpaired) electrons. The van der Waals surface area contributed by atoms with E-state index < -0.39 is 13.0 Å². The molecular formula is C10H16F2N2O2. The highest BCUT2D eigenvalue weighted by Crippen LogP contribution is 2.06. The third-order valence-corrected chi connectivity index (χ3v) is 1.83. The summed E-state index contributed by atoms with van der Waals surface area (Å²) in [4.78, 5) is 0. The predicted molar refractivity (Wildman–Crippen MR) is 54.2 cm³/mol. The number of alkyl halides is 2. The molecule has 6 heteroatoms. The number of nitrogens with one attached hydrogen (secondary N) is 1. The van der Waals surface area contributed by atoms with E-state index in [2.05, 4.69) is 17.4 Å². The highest BCUT2D eigenvalue weighted by atomic mass is 19.3. The molecular weight excluding hydrogens is 218 g/mol. The Morgan fingerprint density at radius 3 is 3.06 bits per heavy atom. The molecule has 0 unspecified atom stereocenters. The van der Waals surface area contributed by atoms with Gasteiger partial charge in [0.2, 0.25) is 0 Å². The van der Waals surface area contributed by atoms with Crippen LogP contribution >= 0.6 is 0 Å². The Labute approximate surface area is 92.9 Å². The van der Waals surface area contributed by atoms with Gasteiger partial charge >= 0.3 is 0 Å². The first-order valence-electron chi connectivity index (χ1n) is 5.23. The molecule has 0 aromatic carbocycles. The minimum Gasteiger partial charge on any atom is -0.367 e. The Hall–Kier alpha value is -1.01. The lowest BCUT2D eigenvalue weighted by molar-refractivity contribution is 0.00311. The van der Waals surface area contributed by atoms with Gasteiger partial charge in [-0.15, -0.1) is 0 Å². The summed E-state index contributed by atoms with van der Waals surface area (Å²) in [5.74, 6) is 0.467. The molecule has 1 aromatic heterocycles. The van der Waals surface area contributed by atoms with Crippen LogP contribution in [0.5, 0.6) is 0 Å². The van der Waals surface area contributed by atoms with Crippen molar-refractivity contribution in [2.24, 2.45) is 0 Å². The maximum Gasteiger partial charge on any atom is 0.261 e. The molecule has 0 saturated carbocycles. The molecule has 0 aliphatic heterocycles. The molecule has 4 nitrogen and oxygen atoms in total. The van der Waals surface area contributed by atoms with Crippen LogP contribution in [0.3, 0.4) is 0 Å². The van der Waals surface area contributed by atoms with Gasteiger partial charge in [-0.2, -0.15) is 0 Å². The smallest absolute Gasteiger partial charge is 0.261 e. The van der Waals surface area contributed by atoms with Crippen molar-refractivity contribution in [3.8, 4) is 0 Å². The van der Waals surface area contributed by atoms with Crippen molar-refractivity contribution < 1.29 is 18.0 Å². The quantitative estimate of drug-likeness (QED) is 0.698. The summed E-state index contributed by atoms with van der Waals surface area (Å²) in [6.45, 7) is 3.05. The van der Waals surface area contributed by atoms with Gasteiger partial charge in [-0.1, -0.05) is 12.1 Å². The lowest BCUT2D eigenvalue weighted by atomic mass is 10.3. The fraction of sp³-hybridized carbons (Fsp3) is 0.700. The zero-order valence-corrected chi connectivity index (χ0v) is 9.21. The Morgan fingerprint density at radius 2 is 2.38 bits per heavy atom. The van der Waals surface area contributed by atoms with Gasteiger partial charge in [-0.05, 0) is 13.0 Å². The van der Waals surface area contributed by atoms with Gasteiger partial charge in [0.05, 0.1) is 5.69 Å². The molecule has 0 atom stereocenters. The van der Waals surface area contributed by atoms with Crippen LogP contribution in [0.1, 0.15) is 24.8 Å². The monoisotopic (exact) mass is 234 g/mol. The summed E-state index contributed by atoms with van der Waals surface area (Å²) >= 11 is 0. The second-order valence-corrected chi connectivity index (χ2v) is 3.37. The summed E-state index contributed by atoms with van der Waals surface area (Å²) in [5, 5.41) is 6.94. The summed E-state index contributed by atoms with van der Waals surface area (Å²) in [6.07, 6.45) is -1.41. The first-order valence-corrected chi connectivity index (χ1v) is 5.23. The van der Waals surface area contributed by atoms with Crippen LogP contribution in [0.4, 0.5) is 8.78 Å². The summed E-state index contributed by atoms with van der Waals surface area (Å²) in [5.41, 5.74) is 0.754. The highest BCUT2D eigenvalue weighted by Gasteiger charge is 2.06. The SMILES string of the molecule is CCCNCc1cc(COCC(F)F)on1. The number of aromatic nitrogens is 1. The molecule has 1 rings (SSSR count). The van der Waals surface area contributed by atoms with Gasteiger partial charge in [0.1, 0.15) is 13.2 Å². The Bertz CT molecular complexity index is 292. The van der Waals surface area contributed by atoms with E-state index in [0.717, 1.165) is 18.7 Å². The first kappa shape index (κ1) is 13.1. The van der Waals surface area contributed by atoms with Crippen molar-refractivity contribution in [3.05, 3.63) is 17.5 Å². The molecule has 0 aliphatic rings. The number of nitrogens with zero attached hydrogens (tertiary/aromatic N) is 1. The lowest BCUT2D eigenvalue weighted by Gasteiger charge is -1.98. The summed E-state index contributed by atoms with van der Waals surface area (Å²) in [6, 6.07) is 1.70. The third-order valence-electron chi connectivity index (χ3n) is 1.83. The molecule has 1 N–H and O–H groups in total. The van der Waals surface area contributed by atoms with Gasteiger partial charge in [0.15, 0.2) is 5.76 Å². The Morgan fingerprint density at radius 1 is 1.56 bits per heavy atom. The van der Waals surface area contributed by atoms with Crippen LogP contribution < -0.4 is 5.32 Å². The topological polar surface area (TPSA) is 47.3 Å². The van der Waals surface area contributed by atoms with E-state index in [1.165, 1.54) is 0 Å². The van der Waals surface area contributed by atoms with Gasteiger partial charge in [0.25, 0.3) is 6.43 Å². The lowest BCUT2D eigenvalue weighted by Crippen LogP contribution is -2.13. The second kappa shape index (κ2) is 7.29. The predicted octanol–water partition coefficient (Wildman–Crippen LogP) is 1.96. The van der Waals surface area contributed by atoms with Crippen molar-refractivity contribution in [3.63, 3.8) is 0 Å². The van der Waals surface area contributed by atoms with Crippen molar-refractivity contribution in [2.75, 3.05) is 13.2 Å². The molecule has 0 bridgehead atoms.